The fourth-order valence-corrected chi connectivity index (χ4v) is 14.2. The van der Waals surface area contributed by atoms with E-state index in [0.29, 0.717) is 37.0 Å². The Kier molecular flexibility index (Phi) is 24.5. The number of ketones is 1. The van der Waals surface area contributed by atoms with E-state index in [1.165, 1.54) is 37.3 Å². The second-order valence-corrected chi connectivity index (χ2v) is 26.0. The van der Waals surface area contributed by atoms with Crippen LogP contribution < -0.4 is 16.1 Å². The number of aromatic nitrogens is 2. The van der Waals surface area contributed by atoms with Crippen LogP contribution in [0, 0.1) is 16.7 Å². The van der Waals surface area contributed by atoms with Crippen molar-refractivity contribution in [2.45, 2.75) is 134 Å². The second kappa shape index (κ2) is 29.4. The van der Waals surface area contributed by atoms with E-state index in [0.717, 1.165) is 19.9 Å². The van der Waals surface area contributed by atoms with Crippen LogP contribution in [0.15, 0.2) is 88.5 Å². The Bertz CT molecular complexity index is 2980. The number of aliphatic hydroxyl groups excluding tert-OH is 3. The normalized spacial score (nSPS) is 28.9. The third-order valence-electron chi connectivity index (χ3n) is 15.7. The molecule has 3 aliphatic carbocycles. The Morgan fingerprint density at radius 3 is 2.14 bits per heavy atom. The maximum atomic E-state index is 14.9. The second-order valence-electron chi connectivity index (χ2n) is 23.0. The van der Waals surface area contributed by atoms with Gasteiger partial charge in [0.1, 0.15) is 35.6 Å². The van der Waals surface area contributed by atoms with E-state index in [9.17, 15) is 53.8 Å². The number of ether oxygens (including phenoxy) is 5. The van der Waals surface area contributed by atoms with Gasteiger partial charge in [0.15, 0.2) is 29.0 Å². The number of hydrogen-bond donors (Lipinski definition) is 8. The molecule has 86 heavy (non-hydrogen) atoms. The summed E-state index contributed by atoms with van der Waals surface area (Å²) in [6.45, 7) is 14.1. The van der Waals surface area contributed by atoms with Crippen LogP contribution in [0.4, 0.5) is 10.6 Å². The van der Waals surface area contributed by atoms with E-state index in [-0.39, 0.29) is 62.3 Å². The molecule has 0 spiro atoms. The number of hydrogen-bond acceptors (Lipinski definition) is 20. The molecule has 9 N–H and O–H groups in total. The molecule has 4 fully saturated rings. The predicted octanol–water partition coefficient (Wildman–Crippen LogP) is 5.21. The number of nitrogens with one attached hydrogen (secondary N) is 3. The summed E-state index contributed by atoms with van der Waals surface area (Å²) in [5.41, 5.74) is -3.02. The Morgan fingerprint density at radius 1 is 1.00 bits per heavy atom. The van der Waals surface area contributed by atoms with Crippen LogP contribution in [0.3, 0.4) is 0 Å². The number of aliphatic hydroxyl groups is 4. The molecule has 30 heteroatoms. The number of carbonyl (C=O) groups is 6. The maximum absolute atomic E-state index is 14.9. The molecule has 26 nitrogen and oxygen atoms in total. The molecule has 2 aromatic carbocycles. The minimum Gasteiger partial charge on any atom is -0.456 e. The number of rotatable bonds is 16. The fourth-order valence-electron chi connectivity index (χ4n) is 11.5. The summed E-state index contributed by atoms with van der Waals surface area (Å²) >= 11 is 11.2. The number of esters is 3. The van der Waals surface area contributed by atoms with Gasteiger partial charge in [-0.25, -0.2) is 29.1 Å². The van der Waals surface area contributed by atoms with Crippen LogP contribution in [0.1, 0.15) is 107 Å². The number of nitrogens with two attached hydrogens (primary N) is 1. The summed E-state index contributed by atoms with van der Waals surface area (Å²) in [5.74, 6) is -4.88. The van der Waals surface area contributed by atoms with Crippen molar-refractivity contribution in [2.24, 2.45) is 32.8 Å². The van der Waals surface area contributed by atoms with Gasteiger partial charge >= 0.3 is 31.7 Å². The molecule has 3 aromatic rings. The molecule has 1 aromatic heterocycles. The average Bonchev–Trinajstić information content (AvgIpc) is 0.894. The van der Waals surface area contributed by atoms with Gasteiger partial charge in [-0.2, -0.15) is 0 Å². The Balaban J connectivity index is 0.000000393. The van der Waals surface area contributed by atoms with E-state index in [1.807, 2.05) is 0 Å². The van der Waals surface area contributed by atoms with Crippen molar-refractivity contribution in [3.05, 3.63) is 95.0 Å². The van der Waals surface area contributed by atoms with Crippen LogP contribution in [0.5, 0.6) is 0 Å². The van der Waals surface area contributed by atoms with E-state index in [1.54, 1.807) is 102 Å². The quantitative estimate of drug-likeness (QED) is 0.0173. The van der Waals surface area contributed by atoms with Crippen LogP contribution >= 0.6 is 30.9 Å². The molecule has 1 unspecified atom stereocenters. The molecular weight excluding hydrogens is 1370 g/mol. The van der Waals surface area contributed by atoms with Crippen molar-refractivity contribution in [1.82, 2.24) is 30.1 Å². The van der Waals surface area contributed by atoms with Gasteiger partial charge in [-0.05, 0) is 69.9 Å². The topological polar surface area (TPSA) is 366 Å². The minimum absolute atomic E-state index is 0. The summed E-state index contributed by atoms with van der Waals surface area (Å²) in [4.78, 5) is 86.0. The minimum atomic E-state index is -2.84. The molecular formula is C56H78Cl2N9O17PPt. The Hall–Kier alpha value is -5.21. The third-order valence-corrected chi connectivity index (χ3v) is 18.3. The van der Waals surface area contributed by atoms with Crippen LogP contribution in [0.2, 0.25) is 0 Å². The predicted molar refractivity (Wildman–Crippen MR) is 308 cm³/mol. The number of amides is 2. The number of halogens is 2. The number of benzene rings is 2. The largest absolute Gasteiger partial charge is 0.456 e. The summed E-state index contributed by atoms with van der Waals surface area (Å²) in [7, 11) is 0.582. The van der Waals surface area contributed by atoms with Gasteiger partial charge in [-0.15, -0.1) is 28.3 Å². The first-order valence-electron chi connectivity index (χ1n) is 27.5. The molecule has 12 atom stereocenters. The number of primary amides is 1. The molecule has 2 saturated heterocycles. The number of alkyl halides is 2. The molecule has 2 aliphatic heterocycles. The van der Waals surface area contributed by atoms with Gasteiger partial charge in [-0.3, -0.25) is 24.0 Å². The summed E-state index contributed by atoms with van der Waals surface area (Å²) in [6.07, 6.45) is -9.26. The van der Waals surface area contributed by atoms with Gasteiger partial charge in [0.25, 0.3) is 5.91 Å². The SMILES string of the molecule is CC(=O)O[C@@]12CO[C@@H]1C[C@H](O)[C@@]1(C)C(=O)[C@H](O)C3=C(C)[C@@H](OC(=O)[C@H](O)[C@@H](NC(=O)OC(C)(C)C)c4ccccc4)C[C@@](O)([C@@H](OC(=O)c4ccccc4)[C@H]21)C3(C)C.CN(C)/N=N/c1[nH]cnc1C(N)=O.O=P1(N(CCCl)CCCl)NCCCO1.[Pt]. The van der Waals surface area contributed by atoms with Gasteiger partial charge < -0.3 is 64.7 Å². The smallest absolute Gasteiger partial charge is 0.408 e. The molecule has 2 saturated carbocycles. The average molecular weight is 1450 g/mol. The monoisotopic (exact) mass is 1440 g/mol. The fraction of sp³-hybridized carbons (Fsp3) is 0.589. The van der Waals surface area contributed by atoms with Crippen LogP contribution in [-0.4, -0.2) is 188 Å². The molecule has 5 aliphatic rings. The standard InChI is InChI=1S/C43H53NO14.C7H15Cl2N2O2P.C6H10N6O.Pt/c1-22-26(55-37(51)32(48)30(24-15-11-9-12-16-24)44-38(52)58-39(3,4)5)20-43(53)35(56-36(50)25-17-13-10-14-18-25)33-41(8,34(49)31(47)29(22)40(43,6)7)27(46)19-28-42(33,21-54-28)57-23(2)45;8-2-5-11(6-3-9)14(12)10-4-1-7-13-14;1-12(2)11-10-6-4(5(7)13)8-3-9-6;/h9-18,26-28,30-33,35,46-48,53H,19-21H2,1-8H3,(H,44,52);1-7H2,(H,10,12);3H,1-2H3,(H2,7,13)(H,8,9);/b;;11-10+;/t26-,27-,28+,30-,31+,32+,33-,35-,41+,42-,43+;;;/m0.../s1. The number of Topliss-reactive ketones (excluding diaryl/α,β-unsaturated/α-hetero) is 1. The molecule has 478 valence electrons. The number of aromatic amines is 1. The van der Waals surface area contributed by atoms with Gasteiger partial charge in [0.2, 0.25) is 0 Å². The van der Waals surface area contributed by atoms with Crippen molar-refractivity contribution >= 4 is 72.4 Å². The maximum Gasteiger partial charge on any atom is 0.408 e. The first-order valence-corrected chi connectivity index (χ1v) is 30.1. The Labute approximate surface area is 523 Å². The van der Waals surface area contributed by atoms with E-state index in [2.05, 4.69) is 30.7 Å². The van der Waals surface area contributed by atoms with E-state index < -0.39 is 126 Å². The van der Waals surface area contributed by atoms with Crippen molar-refractivity contribution in [1.29, 1.82) is 0 Å². The molecule has 8 rings (SSSR count). The number of fused-ring (bicyclic) bond motifs is 5. The first kappa shape index (κ1) is 71.5. The van der Waals surface area contributed by atoms with Crippen LogP contribution in [-0.2, 0) is 68.2 Å². The van der Waals surface area contributed by atoms with Crippen molar-refractivity contribution in [3.8, 4) is 0 Å². The molecule has 2 bridgehead atoms. The molecule has 2 amide bonds. The number of nitrogens with zero attached hydrogens (tertiary/aromatic N) is 5. The zero-order valence-electron chi connectivity index (χ0n) is 49.5. The van der Waals surface area contributed by atoms with Crippen LogP contribution in [0.25, 0.3) is 0 Å². The van der Waals surface area contributed by atoms with Crippen molar-refractivity contribution < 1.29 is 103 Å². The van der Waals surface area contributed by atoms with Crippen molar-refractivity contribution in [2.75, 3.05) is 58.7 Å². The molecule has 0 radical (unpaired) electrons. The Morgan fingerprint density at radius 2 is 1.62 bits per heavy atom. The number of alkyl carbamates (subject to hydrolysis) is 1. The summed E-state index contributed by atoms with van der Waals surface area (Å²) in [5, 5.41) is 63.4. The first-order chi connectivity index (χ1) is 39.8. The number of imidazole rings is 1. The third kappa shape index (κ3) is 15.4. The molecule has 3 heterocycles. The zero-order chi connectivity index (χ0) is 63.0. The van der Waals surface area contributed by atoms with Gasteiger partial charge in [0, 0.05) is 91.7 Å². The van der Waals surface area contributed by atoms with Crippen molar-refractivity contribution in [3.63, 3.8) is 0 Å². The van der Waals surface area contributed by atoms with E-state index >= 15 is 0 Å². The van der Waals surface area contributed by atoms with E-state index in [4.69, 9.17) is 57.1 Å². The number of carbonyl (C=O) groups excluding carboxylic acids is 6. The summed E-state index contributed by atoms with van der Waals surface area (Å²) < 4.78 is 48.7. The van der Waals surface area contributed by atoms with Gasteiger partial charge in [0.05, 0.1) is 48.6 Å². The zero-order valence-corrected chi connectivity index (χ0v) is 54.1. The number of H-pyrrole nitrogens is 1. The summed E-state index contributed by atoms with van der Waals surface area (Å²) in [6, 6.07) is 14.6. The van der Waals surface area contributed by atoms with Gasteiger partial charge in [-0.1, -0.05) is 67.6 Å².